The first-order chi connectivity index (χ1) is 11.6. The summed E-state index contributed by atoms with van der Waals surface area (Å²) in [6.07, 6.45) is 0.511. The van der Waals surface area contributed by atoms with Crippen molar-refractivity contribution >= 4 is 5.91 Å². The molecular weight excluding hydrogens is 300 g/mol. The molecule has 0 heterocycles. The molecule has 0 bridgehead atoms. The van der Waals surface area contributed by atoms with Gasteiger partial charge in [0.05, 0.1) is 13.2 Å². The molecule has 0 fully saturated rings. The second kappa shape index (κ2) is 8.50. The highest BCUT2D eigenvalue weighted by molar-refractivity contribution is 5.76. The van der Waals surface area contributed by atoms with Gasteiger partial charge in [-0.05, 0) is 31.2 Å². The van der Waals surface area contributed by atoms with Crippen molar-refractivity contribution in [2.24, 2.45) is 0 Å². The van der Waals surface area contributed by atoms with E-state index in [0.29, 0.717) is 13.0 Å². The van der Waals surface area contributed by atoms with E-state index < -0.39 is 0 Å². The molecule has 2 rings (SSSR count). The lowest BCUT2D eigenvalue weighted by molar-refractivity contribution is -0.131. The lowest BCUT2D eigenvalue weighted by atomic mass is 10.00. The van der Waals surface area contributed by atoms with Crippen molar-refractivity contribution in [1.82, 2.24) is 10.2 Å². The minimum atomic E-state index is 0.0427. The second-order valence-corrected chi connectivity index (χ2v) is 5.86. The number of hydrogen-bond donors (Lipinski definition) is 1. The van der Waals surface area contributed by atoms with E-state index in [9.17, 15) is 4.79 Å². The number of carbonyl (C=O) groups is 1. The molecule has 1 unspecified atom stereocenters. The van der Waals surface area contributed by atoms with E-state index in [1.807, 2.05) is 38.4 Å². The first-order valence-electron chi connectivity index (χ1n) is 8.22. The normalized spacial score (nSPS) is 11.8. The fourth-order valence-corrected chi connectivity index (χ4v) is 2.67. The Kier molecular flexibility index (Phi) is 6.38. The molecule has 0 aliphatic heterocycles. The number of para-hydroxylation sites is 1. The number of ether oxygens (including phenoxy) is 1. The van der Waals surface area contributed by atoms with Crippen molar-refractivity contribution in [3.63, 3.8) is 0 Å². The Balaban J connectivity index is 2.15. The van der Waals surface area contributed by atoms with Crippen molar-refractivity contribution in [1.29, 1.82) is 0 Å². The van der Waals surface area contributed by atoms with Gasteiger partial charge in [0.2, 0.25) is 5.91 Å². The van der Waals surface area contributed by atoms with Crippen molar-refractivity contribution in [3.05, 3.63) is 54.1 Å². The Labute approximate surface area is 144 Å². The van der Waals surface area contributed by atoms with Gasteiger partial charge < -0.3 is 15.0 Å². The van der Waals surface area contributed by atoms with Gasteiger partial charge in [0.1, 0.15) is 5.75 Å². The molecule has 2 aromatic carbocycles. The molecule has 128 valence electrons. The SMILES string of the molecule is CNCCC(=O)N(C)C(C)c1ccc(-c2ccccc2OC)cc1. The van der Waals surface area contributed by atoms with E-state index in [0.717, 1.165) is 22.4 Å². The maximum Gasteiger partial charge on any atom is 0.224 e. The largest absolute Gasteiger partial charge is 0.496 e. The fraction of sp³-hybridized carbons (Fsp3) is 0.350. The third-order valence-corrected chi connectivity index (χ3v) is 4.37. The van der Waals surface area contributed by atoms with Gasteiger partial charge in [0, 0.05) is 25.6 Å². The Bertz CT molecular complexity index is 668. The van der Waals surface area contributed by atoms with Crippen molar-refractivity contribution in [2.45, 2.75) is 19.4 Å². The Morgan fingerprint density at radius 2 is 1.83 bits per heavy atom. The maximum atomic E-state index is 12.2. The molecule has 0 spiro atoms. The van der Waals surface area contributed by atoms with E-state index in [4.69, 9.17) is 4.74 Å². The van der Waals surface area contributed by atoms with E-state index >= 15 is 0 Å². The summed E-state index contributed by atoms with van der Waals surface area (Å²) in [4.78, 5) is 14.0. The van der Waals surface area contributed by atoms with Gasteiger partial charge in [-0.2, -0.15) is 0 Å². The lowest BCUT2D eigenvalue weighted by Crippen LogP contribution is -2.31. The smallest absolute Gasteiger partial charge is 0.224 e. The Morgan fingerprint density at radius 3 is 2.46 bits per heavy atom. The molecule has 0 aliphatic carbocycles. The number of amides is 1. The summed E-state index contributed by atoms with van der Waals surface area (Å²) in [5.41, 5.74) is 3.29. The van der Waals surface area contributed by atoms with Crippen LogP contribution in [-0.4, -0.2) is 38.6 Å². The first-order valence-corrected chi connectivity index (χ1v) is 8.22. The third-order valence-electron chi connectivity index (χ3n) is 4.37. The number of rotatable bonds is 7. The third kappa shape index (κ3) is 4.15. The highest BCUT2D eigenvalue weighted by Gasteiger charge is 2.17. The standard InChI is InChI=1S/C20H26N2O2/c1-15(22(3)20(23)13-14-21-2)16-9-11-17(12-10-16)18-7-5-6-8-19(18)24-4/h5-12,15,21H,13-14H2,1-4H3. The fourth-order valence-electron chi connectivity index (χ4n) is 2.67. The molecule has 0 radical (unpaired) electrons. The average Bonchev–Trinajstić information content (AvgIpc) is 2.64. The van der Waals surface area contributed by atoms with Crippen LogP contribution in [0, 0.1) is 0 Å². The molecule has 0 aliphatic rings. The number of carbonyl (C=O) groups excluding carboxylic acids is 1. The van der Waals surface area contributed by atoms with Crippen LogP contribution in [0.1, 0.15) is 24.9 Å². The number of benzene rings is 2. The summed E-state index contributed by atoms with van der Waals surface area (Å²) in [6, 6.07) is 16.3. The van der Waals surface area contributed by atoms with Crippen molar-refractivity contribution in [2.75, 3.05) is 27.7 Å². The molecule has 24 heavy (non-hydrogen) atoms. The zero-order valence-electron chi connectivity index (χ0n) is 14.9. The van der Waals surface area contributed by atoms with Crippen LogP contribution in [0.4, 0.5) is 0 Å². The van der Waals surface area contributed by atoms with Crippen LogP contribution in [-0.2, 0) is 4.79 Å². The molecule has 0 saturated carbocycles. The number of nitrogens with one attached hydrogen (secondary N) is 1. The minimum Gasteiger partial charge on any atom is -0.496 e. The first kappa shape index (κ1) is 18.0. The maximum absolute atomic E-state index is 12.2. The van der Waals surface area contributed by atoms with Gasteiger partial charge in [-0.3, -0.25) is 4.79 Å². The molecule has 1 amide bonds. The summed E-state index contributed by atoms with van der Waals surface area (Å²) < 4.78 is 5.43. The van der Waals surface area contributed by atoms with Gasteiger partial charge in [-0.1, -0.05) is 42.5 Å². The predicted molar refractivity (Wildman–Crippen MR) is 98.2 cm³/mol. The van der Waals surface area contributed by atoms with Crippen LogP contribution in [0.25, 0.3) is 11.1 Å². The van der Waals surface area contributed by atoms with E-state index in [-0.39, 0.29) is 11.9 Å². The highest BCUT2D eigenvalue weighted by Crippen LogP contribution is 2.30. The molecular formula is C20H26N2O2. The van der Waals surface area contributed by atoms with E-state index in [2.05, 4.69) is 36.5 Å². The molecule has 2 aromatic rings. The topological polar surface area (TPSA) is 41.6 Å². The summed E-state index contributed by atoms with van der Waals surface area (Å²) in [7, 11) is 5.39. The molecule has 1 atom stereocenters. The van der Waals surface area contributed by atoms with Crippen molar-refractivity contribution < 1.29 is 9.53 Å². The van der Waals surface area contributed by atoms with Gasteiger partial charge >= 0.3 is 0 Å². The van der Waals surface area contributed by atoms with E-state index in [1.165, 1.54) is 0 Å². The second-order valence-electron chi connectivity index (χ2n) is 5.86. The zero-order chi connectivity index (χ0) is 17.5. The molecule has 1 N–H and O–H groups in total. The number of nitrogens with zero attached hydrogens (tertiary/aromatic N) is 1. The monoisotopic (exact) mass is 326 g/mol. The van der Waals surface area contributed by atoms with Gasteiger partial charge in [0.25, 0.3) is 0 Å². The molecule has 0 saturated heterocycles. The van der Waals surface area contributed by atoms with Gasteiger partial charge in [-0.15, -0.1) is 0 Å². The summed E-state index contributed by atoms with van der Waals surface area (Å²) in [5, 5.41) is 3.01. The molecule has 4 nitrogen and oxygen atoms in total. The summed E-state index contributed by atoms with van der Waals surface area (Å²) >= 11 is 0. The number of methoxy groups -OCH3 is 1. The summed E-state index contributed by atoms with van der Waals surface area (Å²) in [5.74, 6) is 1.00. The highest BCUT2D eigenvalue weighted by atomic mass is 16.5. The van der Waals surface area contributed by atoms with Crippen molar-refractivity contribution in [3.8, 4) is 16.9 Å². The average molecular weight is 326 g/mol. The van der Waals surface area contributed by atoms with Crippen LogP contribution < -0.4 is 10.1 Å². The van der Waals surface area contributed by atoms with Gasteiger partial charge in [-0.25, -0.2) is 0 Å². The Hall–Kier alpha value is -2.33. The van der Waals surface area contributed by atoms with Crippen LogP contribution in [0.5, 0.6) is 5.75 Å². The molecule has 4 heteroatoms. The van der Waals surface area contributed by atoms with Crippen LogP contribution in [0.3, 0.4) is 0 Å². The van der Waals surface area contributed by atoms with Gasteiger partial charge in [0.15, 0.2) is 0 Å². The minimum absolute atomic E-state index is 0.0427. The predicted octanol–water partition coefficient (Wildman–Crippen LogP) is 3.49. The lowest BCUT2D eigenvalue weighted by Gasteiger charge is -2.25. The Morgan fingerprint density at radius 1 is 1.17 bits per heavy atom. The zero-order valence-corrected chi connectivity index (χ0v) is 14.9. The van der Waals surface area contributed by atoms with Crippen LogP contribution in [0.2, 0.25) is 0 Å². The van der Waals surface area contributed by atoms with Crippen LogP contribution >= 0.6 is 0 Å². The summed E-state index contributed by atoms with van der Waals surface area (Å²) in [6.45, 7) is 2.75. The molecule has 0 aromatic heterocycles. The quantitative estimate of drug-likeness (QED) is 0.847. The van der Waals surface area contributed by atoms with E-state index in [1.54, 1.807) is 12.0 Å². The van der Waals surface area contributed by atoms with Crippen LogP contribution in [0.15, 0.2) is 48.5 Å². The number of hydrogen-bond acceptors (Lipinski definition) is 3.